The first-order valence-corrected chi connectivity index (χ1v) is 7.33. The van der Waals surface area contributed by atoms with Crippen LogP contribution in [0.4, 0.5) is 0 Å². The fraction of sp³-hybridized carbons (Fsp3) is 0.857. The summed E-state index contributed by atoms with van der Waals surface area (Å²) in [7, 11) is 0. The monoisotopic (exact) mass is 266 g/mol. The number of ether oxygens (including phenoxy) is 1. The molecule has 5 nitrogen and oxygen atoms in total. The van der Waals surface area contributed by atoms with Crippen molar-refractivity contribution in [2.45, 2.75) is 63.2 Å². The van der Waals surface area contributed by atoms with Crippen LogP contribution < -0.4 is 10.4 Å². The molecule has 0 aromatic carbocycles. The molecule has 1 N–H and O–H groups in total. The zero-order valence-electron chi connectivity index (χ0n) is 11.0. The number of hydrogen-bond acceptors (Lipinski definition) is 4. The van der Waals surface area contributed by atoms with Gasteiger partial charge in [-0.2, -0.15) is 0 Å². The first kappa shape index (κ1) is 12.9. The Morgan fingerprint density at radius 2 is 1.58 bits per heavy atom. The summed E-state index contributed by atoms with van der Waals surface area (Å²) in [5.74, 6) is -2.60. The molecule has 19 heavy (non-hydrogen) atoms. The van der Waals surface area contributed by atoms with E-state index in [4.69, 9.17) is 4.74 Å². The van der Waals surface area contributed by atoms with Crippen molar-refractivity contribution in [2.24, 2.45) is 11.8 Å². The lowest BCUT2D eigenvalue weighted by molar-refractivity contribution is -0.314. The molecule has 2 bridgehead atoms. The molecule has 4 atom stereocenters. The van der Waals surface area contributed by atoms with E-state index in [1.165, 1.54) is 6.42 Å². The summed E-state index contributed by atoms with van der Waals surface area (Å²) in [6.45, 7) is 0. The third-order valence-corrected chi connectivity index (χ3v) is 4.80. The van der Waals surface area contributed by atoms with Crippen molar-refractivity contribution in [3.8, 4) is 0 Å². The van der Waals surface area contributed by atoms with Gasteiger partial charge in [-0.05, 0) is 25.7 Å². The maximum Gasteiger partial charge on any atom is 0.226 e. The highest BCUT2D eigenvalue weighted by atomic mass is 16.5. The highest BCUT2D eigenvalue weighted by Gasteiger charge is 2.52. The number of amides is 1. The Morgan fingerprint density at radius 1 is 0.947 bits per heavy atom. The standard InChI is InChI=1S/C14H21NO4/c16-13(15-8-4-2-1-3-5-8)11-9-6-7-10(19-9)12(11)14(17)18/h8-12H,1-7H2,(H,15,16)(H,17,18)/p-1/t9-,10+,11-,12+/m1/s1. The Labute approximate surface area is 112 Å². The Balaban J connectivity index is 1.66. The summed E-state index contributed by atoms with van der Waals surface area (Å²) in [5, 5.41) is 14.2. The van der Waals surface area contributed by atoms with Gasteiger partial charge in [-0.3, -0.25) is 4.79 Å². The molecule has 106 valence electrons. The molecule has 0 unspecified atom stereocenters. The van der Waals surface area contributed by atoms with Crippen molar-refractivity contribution in [2.75, 3.05) is 0 Å². The van der Waals surface area contributed by atoms with Crippen LogP contribution in [-0.2, 0) is 14.3 Å². The smallest absolute Gasteiger partial charge is 0.226 e. The van der Waals surface area contributed by atoms with Gasteiger partial charge in [-0.1, -0.05) is 19.3 Å². The zero-order valence-corrected chi connectivity index (χ0v) is 11.0. The highest BCUT2D eigenvalue weighted by Crippen LogP contribution is 2.43. The lowest BCUT2D eigenvalue weighted by Gasteiger charge is -2.30. The van der Waals surface area contributed by atoms with Gasteiger partial charge in [0.05, 0.1) is 18.1 Å². The molecule has 5 heteroatoms. The quantitative estimate of drug-likeness (QED) is 0.778. The van der Waals surface area contributed by atoms with Crippen LogP contribution in [0.25, 0.3) is 0 Å². The minimum absolute atomic E-state index is 0.145. The molecule has 0 aromatic rings. The van der Waals surface area contributed by atoms with Crippen LogP contribution in [0, 0.1) is 11.8 Å². The fourth-order valence-electron chi connectivity index (χ4n) is 3.85. The lowest BCUT2D eigenvalue weighted by Crippen LogP contribution is -2.50. The van der Waals surface area contributed by atoms with Crippen LogP contribution in [0.1, 0.15) is 44.9 Å². The van der Waals surface area contributed by atoms with E-state index < -0.39 is 17.8 Å². The molecule has 1 amide bonds. The molecule has 2 heterocycles. The van der Waals surface area contributed by atoms with E-state index in [-0.39, 0.29) is 24.2 Å². The molecule has 1 saturated carbocycles. The van der Waals surface area contributed by atoms with Crippen molar-refractivity contribution in [3.63, 3.8) is 0 Å². The molecule has 3 fully saturated rings. The topological polar surface area (TPSA) is 78.5 Å². The first-order valence-electron chi connectivity index (χ1n) is 7.33. The minimum atomic E-state index is -1.14. The van der Waals surface area contributed by atoms with Crippen LogP contribution >= 0.6 is 0 Å². The van der Waals surface area contributed by atoms with E-state index in [0.717, 1.165) is 38.5 Å². The Kier molecular flexibility index (Phi) is 3.48. The van der Waals surface area contributed by atoms with Crippen molar-refractivity contribution in [1.29, 1.82) is 0 Å². The summed E-state index contributed by atoms with van der Waals surface area (Å²) in [4.78, 5) is 23.6. The average Bonchev–Trinajstić information content (AvgIpc) is 2.99. The Hall–Kier alpha value is -1.10. The number of aliphatic carboxylic acids is 1. The Morgan fingerprint density at radius 3 is 2.21 bits per heavy atom. The zero-order chi connectivity index (χ0) is 13.4. The number of carbonyl (C=O) groups excluding carboxylic acids is 2. The molecule has 0 aromatic heterocycles. The van der Waals surface area contributed by atoms with Crippen molar-refractivity contribution in [1.82, 2.24) is 5.32 Å². The van der Waals surface area contributed by atoms with Crippen molar-refractivity contribution < 1.29 is 19.4 Å². The minimum Gasteiger partial charge on any atom is -0.550 e. The predicted octanol–water partition coefficient (Wildman–Crippen LogP) is -0.0212. The molecule has 3 aliphatic rings. The second-order valence-electron chi connectivity index (χ2n) is 6.00. The largest absolute Gasteiger partial charge is 0.550 e. The van der Waals surface area contributed by atoms with Gasteiger partial charge in [0, 0.05) is 17.9 Å². The van der Waals surface area contributed by atoms with Crippen LogP contribution in [0.3, 0.4) is 0 Å². The van der Waals surface area contributed by atoms with Crippen LogP contribution in [0.15, 0.2) is 0 Å². The van der Waals surface area contributed by atoms with Gasteiger partial charge in [0.15, 0.2) is 0 Å². The number of hydrogen-bond donors (Lipinski definition) is 1. The van der Waals surface area contributed by atoms with Crippen LogP contribution in [-0.4, -0.2) is 30.1 Å². The van der Waals surface area contributed by atoms with E-state index in [0.29, 0.717) is 0 Å². The number of fused-ring (bicyclic) bond motifs is 2. The molecule has 0 radical (unpaired) electrons. The van der Waals surface area contributed by atoms with Gasteiger partial charge in [0.2, 0.25) is 5.91 Å². The van der Waals surface area contributed by atoms with Crippen molar-refractivity contribution in [3.05, 3.63) is 0 Å². The van der Waals surface area contributed by atoms with Gasteiger partial charge in [-0.25, -0.2) is 0 Å². The van der Waals surface area contributed by atoms with E-state index in [1.807, 2.05) is 0 Å². The van der Waals surface area contributed by atoms with E-state index in [2.05, 4.69) is 5.32 Å². The molecule has 1 aliphatic carbocycles. The molecule has 0 spiro atoms. The molecule has 2 aliphatic heterocycles. The maximum absolute atomic E-state index is 12.3. The summed E-state index contributed by atoms with van der Waals surface area (Å²) in [5.41, 5.74) is 0. The van der Waals surface area contributed by atoms with Crippen LogP contribution in [0.5, 0.6) is 0 Å². The van der Waals surface area contributed by atoms with Gasteiger partial charge in [-0.15, -0.1) is 0 Å². The average molecular weight is 266 g/mol. The SMILES string of the molecule is O=C([O-])[C@@H]1[C@H](C(=O)NC2CCCCC2)[C@H]2CC[C@@H]1O2. The summed E-state index contributed by atoms with van der Waals surface area (Å²) >= 11 is 0. The molecular formula is C14H20NO4-. The number of nitrogens with one attached hydrogen (secondary N) is 1. The van der Waals surface area contributed by atoms with E-state index in [1.54, 1.807) is 0 Å². The molecule has 3 rings (SSSR count). The fourth-order valence-corrected chi connectivity index (χ4v) is 3.85. The number of rotatable bonds is 3. The summed E-state index contributed by atoms with van der Waals surface area (Å²) in [6, 6.07) is 0.211. The second kappa shape index (κ2) is 5.12. The van der Waals surface area contributed by atoms with E-state index >= 15 is 0 Å². The molecular weight excluding hydrogens is 246 g/mol. The van der Waals surface area contributed by atoms with Gasteiger partial charge >= 0.3 is 0 Å². The van der Waals surface area contributed by atoms with Gasteiger partial charge < -0.3 is 20.0 Å². The third-order valence-electron chi connectivity index (χ3n) is 4.80. The number of carboxylic acid groups (broad SMARTS) is 1. The lowest BCUT2D eigenvalue weighted by atomic mass is 9.78. The van der Waals surface area contributed by atoms with Gasteiger partial charge in [0.25, 0.3) is 0 Å². The van der Waals surface area contributed by atoms with Crippen molar-refractivity contribution >= 4 is 11.9 Å². The highest BCUT2D eigenvalue weighted by molar-refractivity contribution is 5.86. The molecule has 2 saturated heterocycles. The van der Waals surface area contributed by atoms with Gasteiger partial charge in [0.1, 0.15) is 0 Å². The Bertz CT molecular complexity index is 378. The maximum atomic E-state index is 12.3. The second-order valence-corrected chi connectivity index (χ2v) is 6.00. The summed E-state index contributed by atoms with van der Waals surface area (Å²) < 4.78 is 5.59. The first-order chi connectivity index (χ1) is 9.16. The van der Waals surface area contributed by atoms with E-state index in [9.17, 15) is 14.7 Å². The third kappa shape index (κ3) is 2.36. The summed E-state index contributed by atoms with van der Waals surface area (Å²) in [6.07, 6.45) is 6.49. The van der Waals surface area contributed by atoms with Crippen LogP contribution in [0.2, 0.25) is 0 Å². The number of carboxylic acids is 1. The normalized spacial score (nSPS) is 38.3. The number of carbonyl (C=O) groups is 2. The predicted molar refractivity (Wildman–Crippen MR) is 64.9 cm³/mol.